The van der Waals surface area contributed by atoms with Gasteiger partial charge in [0.15, 0.2) is 0 Å². The maximum Gasteiger partial charge on any atom is 0.0934 e. The molecular formula is C9H7Cl2NO. The SMILES string of the molecule is N#CC[C@@H](O)c1ccc(Cl)cc1Cl. The Hall–Kier alpha value is -0.750. The molecule has 4 heteroatoms. The number of aliphatic hydroxyl groups excluding tert-OH is 1. The molecule has 1 N–H and O–H groups in total. The molecule has 1 aromatic rings. The van der Waals surface area contributed by atoms with Crippen molar-refractivity contribution in [3.05, 3.63) is 33.8 Å². The molecule has 0 aliphatic carbocycles. The Balaban J connectivity index is 2.96. The minimum absolute atomic E-state index is 0.0291. The Labute approximate surface area is 86.3 Å². The van der Waals surface area contributed by atoms with Crippen molar-refractivity contribution in [3.8, 4) is 6.07 Å². The van der Waals surface area contributed by atoms with Gasteiger partial charge in [-0.25, -0.2) is 0 Å². The zero-order valence-corrected chi connectivity index (χ0v) is 8.18. The molecule has 0 aliphatic heterocycles. The zero-order chi connectivity index (χ0) is 9.84. The van der Waals surface area contributed by atoms with Gasteiger partial charge in [-0.3, -0.25) is 0 Å². The highest BCUT2D eigenvalue weighted by Crippen LogP contribution is 2.27. The topological polar surface area (TPSA) is 44.0 Å². The highest BCUT2D eigenvalue weighted by Gasteiger charge is 2.10. The lowest BCUT2D eigenvalue weighted by molar-refractivity contribution is 0.183. The van der Waals surface area contributed by atoms with Crippen LogP contribution in [0.25, 0.3) is 0 Å². The van der Waals surface area contributed by atoms with Crippen LogP contribution in [0.15, 0.2) is 18.2 Å². The summed E-state index contributed by atoms with van der Waals surface area (Å²) in [5, 5.41) is 18.7. The van der Waals surface area contributed by atoms with E-state index in [0.29, 0.717) is 15.6 Å². The summed E-state index contributed by atoms with van der Waals surface area (Å²) in [5.41, 5.74) is 0.535. The average Bonchev–Trinajstić information content (AvgIpc) is 2.04. The van der Waals surface area contributed by atoms with Crippen LogP contribution in [0.3, 0.4) is 0 Å². The molecule has 0 fully saturated rings. The summed E-state index contributed by atoms with van der Waals surface area (Å²) >= 11 is 11.5. The molecule has 0 saturated carbocycles. The van der Waals surface area contributed by atoms with Crippen LogP contribution in [0, 0.1) is 11.3 Å². The number of rotatable bonds is 2. The van der Waals surface area contributed by atoms with E-state index in [-0.39, 0.29) is 6.42 Å². The second kappa shape index (κ2) is 4.48. The highest BCUT2D eigenvalue weighted by molar-refractivity contribution is 6.35. The number of nitrogens with zero attached hydrogens (tertiary/aromatic N) is 1. The van der Waals surface area contributed by atoms with Gasteiger partial charge in [-0.1, -0.05) is 29.3 Å². The molecule has 68 valence electrons. The van der Waals surface area contributed by atoms with E-state index >= 15 is 0 Å². The van der Waals surface area contributed by atoms with Crippen LogP contribution < -0.4 is 0 Å². The molecule has 2 nitrogen and oxygen atoms in total. The first-order chi connectivity index (χ1) is 6.15. The lowest BCUT2D eigenvalue weighted by Gasteiger charge is -2.08. The van der Waals surface area contributed by atoms with Crippen molar-refractivity contribution in [2.24, 2.45) is 0 Å². The molecule has 1 atom stereocenters. The van der Waals surface area contributed by atoms with Crippen molar-refractivity contribution >= 4 is 23.2 Å². The van der Waals surface area contributed by atoms with E-state index in [4.69, 9.17) is 28.5 Å². The predicted octanol–water partition coefficient (Wildman–Crippen LogP) is 2.94. The van der Waals surface area contributed by atoms with Crippen molar-refractivity contribution in [2.75, 3.05) is 0 Å². The van der Waals surface area contributed by atoms with Gasteiger partial charge in [0.05, 0.1) is 18.6 Å². The predicted molar refractivity (Wildman–Crippen MR) is 51.7 cm³/mol. The van der Waals surface area contributed by atoms with E-state index in [2.05, 4.69) is 0 Å². The number of benzene rings is 1. The van der Waals surface area contributed by atoms with Gasteiger partial charge in [-0.15, -0.1) is 0 Å². The Bertz CT molecular complexity index is 346. The summed E-state index contributed by atoms with van der Waals surface area (Å²) in [4.78, 5) is 0. The summed E-state index contributed by atoms with van der Waals surface area (Å²) in [5.74, 6) is 0. The molecular weight excluding hydrogens is 209 g/mol. The third-order valence-corrected chi connectivity index (χ3v) is 2.17. The second-order valence-corrected chi connectivity index (χ2v) is 3.39. The molecule has 0 aliphatic rings. The summed E-state index contributed by atoms with van der Waals surface area (Å²) in [6, 6.07) is 6.65. The molecule has 0 heterocycles. The van der Waals surface area contributed by atoms with E-state index < -0.39 is 6.10 Å². The molecule has 0 amide bonds. The lowest BCUT2D eigenvalue weighted by atomic mass is 10.1. The summed E-state index contributed by atoms with van der Waals surface area (Å²) in [6.07, 6.45) is -0.809. The van der Waals surface area contributed by atoms with Crippen LogP contribution in [0.5, 0.6) is 0 Å². The maximum absolute atomic E-state index is 9.44. The van der Waals surface area contributed by atoms with E-state index in [1.165, 1.54) is 0 Å². The molecule has 0 unspecified atom stereocenters. The van der Waals surface area contributed by atoms with E-state index in [1.54, 1.807) is 18.2 Å². The third kappa shape index (κ3) is 2.60. The number of aliphatic hydroxyl groups is 1. The van der Waals surface area contributed by atoms with Crippen LogP contribution in [0.2, 0.25) is 10.0 Å². The van der Waals surface area contributed by atoms with Gasteiger partial charge in [0.2, 0.25) is 0 Å². The Morgan fingerprint density at radius 2 is 2.15 bits per heavy atom. The smallest absolute Gasteiger partial charge is 0.0934 e. The largest absolute Gasteiger partial charge is 0.387 e. The quantitative estimate of drug-likeness (QED) is 0.825. The fourth-order valence-corrected chi connectivity index (χ4v) is 1.50. The molecule has 1 aromatic carbocycles. The standard InChI is InChI=1S/C9H7Cl2NO/c10-6-1-2-7(8(11)5-6)9(13)3-4-12/h1-2,5,9,13H,3H2/t9-/m1/s1. The fraction of sp³-hybridized carbons (Fsp3) is 0.222. The first-order valence-electron chi connectivity index (χ1n) is 3.65. The zero-order valence-electron chi connectivity index (χ0n) is 6.67. The van der Waals surface area contributed by atoms with Gasteiger partial charge in [0.25, 0.3) is 0 Å². The summed E-state index contributed by atoms with van der Waals surface area (Å²) in [6.45, 7) is 0. The lowest BCUT2D eigenvalue weighted by Crippen LogP contribution is -1.96. The van der Waals surface area contributed by atoms with Gasteiger partial charge in [0, 0.05) is 15.6 Å². The Kier molecular flexibility index (Phi) is 3.56. The molecule has 0 spiro atoms. The number of hydrogen-bond donors (Lipinski definition) is 1. The fourth-order valence-electron chi connectivity index (χ4n) is 0.968. The number of halogens is 2. The first kappa shape index (κ1) is 10.3. The van der Waals surface area contributed by atoms with Crippen LogP contribution in [-0.2, 0) is 0 Å². The Morgan fingerprint density at radius 1 is 1.46 bits per heavy atom. The Morgan fingerprint density at radius 3 is 2.69 bits per heavy atom. The molecule has 13 heavy (non-hydrogen) atoms. The molecule has 0 radical (unpaired) electrons. The third-order valence-electron chi connectivity index (χ3n) is 1.61. The van der Waals surface area contributed by atoms with E-state index in [9.17, 15) is 5.11 Å². The van der Waals surface area contributed by atoms with Crippen LogP contribution in [-0.4, -0.2) is 5.11 Å². The van der Waals surface area contributed by atoms with Crippen molar-refractivity contribution in [2.45, 2.75) is 12.5 Å². The number of hydrogen-bond acceptors (Lipinski definition) is 2. The summed E-state index contributed by atoms with van der Waals surface area (Å²) < 4.78 is 0. The molecule has 0 aromatic heterocycles. The van der Waals surface area contributed by atoms with Crippen molar-refractivity contribution < 1.29 is 5.11 Å². The first-order valence-corrected chi connectivity index (χ1v) is 4.40. The maximum atomic E-state index is 9.44. The van der Waals surface area contributed by atoms with Gasteiger partial charge >= 0.3 is 0 Å². The van der Waals surface area contributed by atoms with Gasteiger partial charge in [0.1, 0.15) is 0 Å². The van der Waals surface area contributed by atoms with Gasteiger partial charge in [-0.2, -0.15) is 5.26 Å². The normalized spacial score (nSPS) is 12.2. The van der Waals surface area contributed by atoms with E-state index in [0.717, 1.165) is 0 Å². The highest BCUT2D eigenvalue weighted by atomic mass is 35.5. The van der Waals surface area contributed by atoms with Gasteiger partial charge in [-0.05, 0) is 12.1 Å². The van der Waals surface area contributed by atoms with Crippen molar-refractivity contribution in [1.29, 1.82) is 5.26 Å². The number of nitriles is 1. The molecule has 0 bridgehead atoms. The second-order valence-electron chi connectivity index (χ2n) is 2.54. The minimum atomic E-state index is -0.838. The minimum Gasteiger partial charge on any atom is -0.387 e. The summed E-state index contributed by atoms with van der Waals surface area (Å²) in [7, 11) is 0. The van der Waals surface area contributed by atoms with Gasteiger partial charge < -0.3 is 5.11 Å². The van der Waals surface area contributed by atoms with Crippen LogP contribution >= 0.6 is 23.2 Å². The molecule has 0 saturated heterocycles. The monoisotopic (exact) mass is 215 g/mol. The van der Waals surface area contributed by atoms with Crippen molar-refractivity contribution in [3.63, 3.8) is 0 Å². The van der Waals surface area contributed by atoms with Crippen LogP contribution in [0.1, 0.15) is 18.1 Å². The molecule has 1 rings (SSSR count). The average molecular weight is 216 g/mol. The van der Waals surface area contributed by atoms with Crippen LogP contribution in [0.4, 0.5) is 0 Å². The van der Waals surface area contributed by atoms with Crippen molar-refractivity contribution in [1.82, 2.24) is 0 Å². The van der Waals surface area contributed by atoms with E-state index in [1.807, 2.05) is 6.07 Å².